The van der Waals surface area contributed by atoms with Crippen LogP contribution in [-0.4, -0.2) is 21.2 Å². The molecule has 1 aromatic carbocycles. The Hall–Kier alpha value is -0.710. The highest BCUT2D eigenvalue weighted by Crippen LogP contribution is 2.12. The van der Waals surface area contributed by atoms with Gasteiger partial charge in [-0.05, 0) is 35.4 Å². The second kappa shape index (κ2) is 4.50. The SMILES string of the molecule is C[S+]([O-])c1ccc(/C(Cl)=N/O)cc1. The quantitative estimate of drug-likeness (QED) is 0.356. The van der Waals surface area contributed by atoms with Crippen molar-refractivity contribution in [2.45, 2.75) is 4.90 Å². The zero-order chi connectivity index (χ0) is 9.84. The molecule has 0 aliphatic heterocycles. The molecule has 0 amide bonds. The molecule has 0 saturated heterocycles. The van der Waals surface area contributed by atoms with Gasteiger partial charge in [0.05, 0.1) is 0 Å². The molecule has 0 heterocycles. The van der Waals surface area contributed by atoms with Crippen LogP contribution in [-0.2, 0) is 11.2 Å². The van der Waals surface area contributed by atoms with Gasteiger partial charge in [-0.25, -0.2) is 0 Å². The minimum atomic E-state index is -0.998. The molecule has 1 N–H and O–H groups in total. The molecule has 0 saturated carbocycles. The maximum absolute atomic E-state index is 11.0. The van der Waals surface area contributed by atoms with Crippen molar-refractivity contribution in [1.29, 1.82) is 0 Å². The van der Waals surface area contributed by atoms with Crippen LogP contribution in [0.3, 0.4) is 0 Å². The second-order valence-electron chi connectivity index (χ2n) is 2.37. The van der Waals surface area contributed by atoms with E-state index in [1.807, 2.05) is 0 Å². The summed E-state index contributed by atoms with van der Waals surface area (Å²) < 4.78 is 11.0. The number of oxime groups is 1. The lowest BCUT2D eigenvalue weighted by Crippen LogP contribution is -1.98. The highest BCUT2D eigenvalue weighted by molar-refractivity contribution is 7.90. The van der Waals surface area contributed by atoms with Crippen LogP contribution in [0.2, 0.25) is 0 Å². The van der Waals surface area contributed by atoms with E-state index in [2.05, 4.69) is 5.16 Å². The van der Waals surface area contributed by atoms with Crippen molar-refractivity contribution in [2.24, 2.45) is 5.16 Å². The van der Waals surface area contributed by atoms with Gasteiger partial charge in [0.1, 0.15) is 6.26 Å². The highest BCUT2D eigenvalue weighted by Gasteiger charge is 2.05. The molecule has 13 heavy (non-hydrogen) atoms. The van der Waals surface area contributed by atoms with Gasteiger partial charge < -0.3 is 9.76 Å². The van der Waals surface area contributed by atoms with Crippen LogP contribution in [0.25, 0.3) is 0 Å². The normalized spacial score (nSPS) is 14.2. The summed E-state index contributed by atoms with van der Waals surface area (Å²) in [5.74, 6) is 0. The molecule has 5 heteroatoms. The van der Waals surface area contributed by atoms with E-state index < -0.39 is 11.2 Å². The molecule has 0 aliphatic rings. The van der Waals surface area contributed by atoms with Gasteiger partial charge in [0.25, 0.3) is 0 Å². The van der Waals surface area contributed by atoms with Crippen LogP contribution in [0, 0.1) is 0 Å². The Morgan fingerprint density at radius 3 is 2.38 bits per heavy atom. The summed E-state index contributed by atoms with van der Waals surface area (Å²) in [6, 6.07) is 6.66. The molecule has 0 fully saturated rings. The predicted molar refractivity (Wildman–Crippen MR) is 53.0 cm³/mol. The maximum Gasteiger partial charge on any atom is 0.175 e. The van der Waals surface area contributed by atoms with Gasteiger partial charge >= 0.3 is 0 Å². The molecule has 1 atom stereocenters. The van der Waals surface area contributed by atoms with Crippen LogP contribution in [0.1, 0.15) is 5.56 Å². The van der Waals surface area contributed by atoms with Gasteiger partial charge in [0.2, 0.25) is 0 Å². The zero-order valence-corrected chi connectivity index (χ0v) is 8.47. The number of benzene rings is 1. The van der Waals surface area contributed by atoms with Crippen molar-refractivity contribution in [3.05, 3.63) is 29.8 Å². The molecule has 1 rings (SSSR count). The van der Waals surface area contributed by atoms with E-state index in [4.69, 9.17) is 16.8 Å². The van der Waals surface area contributed by atoms with Crippen LogP contribution in [0.15, 0.2) is 34.3 Å². The summed E-state index contributed by atoms with van der Waals surface area (Å²) in [6.07, 6.45) is 1.59. The van der Waals surface area contributed by atoms with Crippen LogP contribution < -0.4 is 0 Å². The first-order valence-electron chi connectivity index (χ1n) is 3.46. The van der Waals surface area contributed by atoms with E-state index in [-0.39, 0.29) is 5.17 Å². The number of hydrogen-bond acceptors (Lipinski definition) is 3. The van der Waals surface area contributed by atoms with Gasteiger partial charge in [-0.2, -0.15) is 0 Å². The average molecular weight is 218 g/mol. The van der Waals surface area contributed by atoms with E-state index in [0.717, 1.165) is 0 Å². The molecule has 0 aromatic heterocycles. The van der Waals surface area contributed by atoms with Crippen LogP contribution in [0.5, 0.6) is 0 Å². The Balaban J connectivity index is 2.94. The van der Waals surface area contributed by atoms with E-state index in [1.54, 1.807) is 30.5 Å². The van der Waals surface area contributed by atoms with E-state index >= 15 is 0 Å². The second-order valence-corrected chi connectivity index (χ2v) is 4.11. The van der Waals surface area contributed by atoms with Gasteiger partial charge in [0.15, 0.2) is 10.1 Å². The fraction of sp³-hybridized carbons (Fsp3) is 0.125. The summed E-state index contributed by atoms with van der Waals surface area (Å²) >= 11 is 4.55. The first-order valence-corrected chi connectivity index (χ1v) is 5.40. The maximum atomic E-state index is 11.0. The Bertz CT molecular complexity index is 310. The van der Waals surface area contributed by atoms with Crippen molar-refractivity contribution in [3.8, 4) is 0 Å². The topological polar surface area (TPSA) is 55.7 Å². The highest BCUT2D eigenvalue weighted by atomic mass is 35.5. The average Bonchev–Trinajstić information content (AvgIpc) is 2.17. The molecule has 0 spiro atoms. The first kappa shape index (κ1) is 10.4. The minimum absolute atomic E-state index is 0.0217. The lowest BCUT2D eigenvalue weighted by atomic mass is 10.2. The zero-order valence-electron chi connectivity index (χ0n) is 6.90. The molecule has 70 valence electrons. The van der Waals surface area contributed by atoms with Crippen molar-refractivity contribution in [3.63, 3.8) is 0 Å². The minimum Gasteiger partial charge on any atom is -0.612 e. The Morgan fingerprint density at radius 2 is 2.00 bits per heavy atom. The number of hydrogen-bond donors (Lipinski definition) is 1. The van der Waals surface area contributed by atoms with Crippen LogP contribution in [0.4, 0.5) is 0 Å². The molecular formula is C8H8ClNO2S. The van der Waals surface area contributed by atoms with E-state index in [1.165, 1.54) is 0 Å². The van der Waals surface area contributed by atoms with Crippen LogP contribution >= 0.6 is 11.6 Å². The lowest BCUT2D eigenvalue weighted by molar-refractivity contribution is 0.321. The number of nitrogens with zero attached hydrogens (tertiary/aromatic N) is 1. The molecule has 0 aliphatic carbocycles. The largest absolute Gasteiger partial charge is 0.612 e. The summed E-state index contributed by atoms with van der Waals surface area (Å²) in [7, 11) is 0. The number of rotatable bonds is 2. The summed E-state index contributed by atoms with van der Waals surface area (Å²) in [6.45, 7) is 0. The van der Waals surface area contributed by atoms with Gasteiger partial charge in [-0.3, -0.25) is 0 Å². The van der Waals surface area contributed by atoms with Gasteiger partial charge in [-0.1, -0.05) is 16.8 Å². The number of halogens is 1. The Morgan fingerprint density at radius 1 is 1.46 bits per heavy atom. The van der Waals surface area contributed by atoms with Crippen molar-refractivity contribution in [1.82, 2.24) is 0 Å². The third kappa shape index (κ3) is 2.62. The standard InChI is InChI=1S/C8H8ClNO2S/c1-13(12)7-4-2-6(3-5-7)8(9)10-11/h2-5,11H,1H3/b10-8-. The smallest absolute Gasteiger partial charge is 0.175 e. The van der Waals surface area contributed by atoms with Crippen molar-refractivity contribution < 1.29 is 9.76 Å². The molecule has 0 radical (unpaired) electrons. The van der Waals surface area contributed by atoms with Gasteiger partial charge in [0, 0.05) is 5.56 Å². The van der Waals surface area contributed by atoms with E-state index in [9.17, 15) is 4.55 Å². The molecule has 1 aromatic rings. The molecule has 0 bridgehead atoms. The molecule has 3 nitrogen and oxygen atoms in total. The Kier molecular flexibility index (Phi) is 3.59. The third-order valence-corrected chi connectivity index (χ3v) is 2.74. The fourth-order valence-electron chi connectivity index (χ4n) is 0.842. The van der Waals surface area contributed by atoms with Crippen molar-refractivity contribution in [2.75, 3.05) is 6.26 Å². The van der Waals surface area contributed by atoms with Gasteiger partial charge in [-0.15, -0.1) is 0 Å². The summed E-state index contributed by atoms with van der Waals surface area (Å²) in [5.41, 5.74) is 0.596. The lowest BCUT2D eigenvalue weighted by Gasteiger charge is -2.03. The Labute approximate surface area is 84.2 Å². The molecule has 1 unspecified atom stereocenters. The summed E-state index contributed by atoms with van der Waals surface area (Å²) in [4.78, 5) is 0.714. The predicted octanol–water partition coefficient (Wildman–Crippen LogP) is 1.80. The summed E-state index contributed by atoms with van der Waals surface area (Å²) in [5, 5.41) is 11.2. The van der Waals surface area contributed by atoms with Crippen molar-refractivity contribution >= 4 is 27.9 Å². The first-order chi connectivity index (χ1) is 6.15. The third-order valence-electron chi connectivity index (χ3n) is 1.51. The fourth-order valence-corrected chi connectivity index (χ4v) is 1.49. The molecular weight excluding hydrogens is 210 g/mol. The monoisotopic (exact) mass is 217 g/mol. The van der Waals surface area contributed by atoms with E-state index in [0.29, 0.717) is 10.5 Å².